The van der Waals surface area contributed by atoms with Crippen molar-refractivity contribution in [2.75, 3.05) is 6.61 Å². The summed E-state index contributed by atoms with van der Waals surface area (Å²) in [6, 6.07) is 2.67. The second-order valence-corrected chi connectivity index (χ2v) is 4.16. The third kappa shape index (κ3) is 1.84. The molecule has 1 rings (SSSR count). The first kappa shape index (κ1) is 11.3. The number of aliphatic hydroxyl groups excluding tert-OH is 1. The molecule has 0 spiro atoms. The minimum Gasteiger partial charge on any atom is -0.508 e. The van der Waals surface area contributed by atoms with Gasteiger partial charge in [-0.2, -0.15) is 0 Å². The molecule has 0 heterocycles. The highest BCUT2D eigenvalue weighted by Crippen LogP contribution is 2.39. The number of hydrogen-bond donors (Lipinski definition) is 4. The molecule has 0 amide bonds. The summed E-state index contributed by atoms with van der Waals surface area (Å²) in [5.74, 6) is -0.0864. The van der Waals surface area contributed by atoms with E-state index in [1.165, 1.54) is 12.1 Å². The number of phenolic OH excluding ortho intramolecular Hbond substituents is 2. The number of phenols is 2. The van der Waals surface area contributed by atoms with Gasteiger partial charge in [0.2, 0.25) is 0 Å². The highest BCUT2D eigenvalue weighted by Gasteiger charge is 2.27. The average Bonchev–Trinajstić information content (AvgIpc) is 2.12. The second kappa shape index (κ2) is 3.76. The number of rotatable bonds is 2. The molecule has 78 valence electrons. The van der Waals surface area contributed by atoms with E-state index in [1.807, 2.05) is 0 Å². The zero-order valence-electron chi connectivity index (χ0n) is 7.66. The second-order valence-electron chi connectivity index (χ2n) is 3.37. The molecule has 0 aliphatic heterocycles. The molecule has 0 aromatic heterocycles. The van der Waals surface area contributed by atoms with Crippen LogP contribution in [0.1, 0.15) is 12.5 Å². The molecule has 5 heteroatoms. The first-order valence-electron chi connectivity index (χ1n) is 4.01. The van der Waals surface area contributed by atoms with Crippen molar-refractivity contribution in [1.29, 1.82) is 0 Å². The predicted molar refractivity (Wildman–Crippen MR) is 56.1 cm³/mol. The fourth-order valence-electron chi connectivity index (χ4n) is 1.18. The van der Waals surface area contributed by atoms with Crippen molar-refractivity contribution in [2.24, 2.45) is 5.73 Å². The summed E-state index contributed by atoms with van der Waals surface area (Å²) in [5, 5.41) is 28.0. The first-order valence-corrected chi connectivity index (χ1v) is 4.80. The standard InChI is InChI=1S/C9H12BrNO3/c1-9(11,4-12)7-5(13)2-3-6(14)8(7)10/h2-3,12-14H,4,11H2,1H3/t9-/m1/s1. The van der Waals surface area contributed by atoms with E-state index in [0.29, 0.717) is 10.0 Å². The van der Waals surface area contributed by atoms with E-state index in [4.69, 9.17) is 10.8 Å². The minimum absolute atomic E-state index is 0.0251. The van der Waals surface area contributed by atoms with Gasteiger partial charge in [-0.25, -0.2) is 0 Å². The third-order valence-electron chi connectivity index (χ3n) is 2.00. The van der Waals surface area contributed by atoms with Crippen molar-refractivity contribution < 1.29 is 15.3 Å². The van der Waals surface area contributed by atoms with Gasteiger partial charge in [-0.05, 0) is 35.0 Å². The van der Waals surface area contributed by atoms with Crippen molar-refractivity contribution in [3.8, 4) is 11.5 Å². The van der Waals surface area contributed by atoms with Crippen LogP contribution in [-0.4, -0.2) is 21.9 Å². The molecule has 1 aromatic carbocycles. The van der Waals surface area contributed by atoms with Crippen LogP contribution in [0.2, 0.25) is 0 Å². The molecule has 0 aliphatic rings. The van der Waals surface area contributed by atoms with Crippen LogP contribution in [-0.2, 0) is 5.54 Å². The fraction of sp³-hybridized carbons (Fsp3) is 0.333. The van der Waals surface area contributed by atoms with E-state index < -0.39 is 5.54 Å². The van der Waals surface area contributed by atoms with E-state index in [0.717, 1.165) is 0 Å². The third-order valence-corrected chi connectivity index (χ3v) is 2.80. The molecular formula is C9H12BrNO3. The lowest BCUT2D eigenvalue weighted by atomic mass is 9.93. The van der Waals surface area contributed by atoms with Gasteiger partial charge < -0.3 is 21.1 Å². The summed E-state index contributed by atoms with van der Waals surface area (Å²) >= 11 is 3.11. The van der Waals surface area contributed by atoms with Crippen LogP contribution in [0, 0.1) is 0 Å². The molecule has 0 radical (unpaired) electrons. The number of halogens is 1. The summed E-state index contributed by atoms with van der Waals surface area (Å²) in [7, 11) is 0. The van der Waals surface area contributed by atoms with Gasteiger partial charge in [0, 0.05) is 5.56 Å². The van der Waals surface area contributed by atoms with E-state index in [2.05, 4.69) is 15.9 Å². The summed E-state index contributed by atoms with van der Waals surface area (Å²) in [5.41, 5.74) is 4.95. The number of nitrogens with two attached hydrogens (primary N) is 1. The van der Waals surface area contributed by atoms with Crippen molar-refractivity contribution in [2.45, 2.75) is 12.5 Å². The van der Waals surface area contributed by atoms with E-state index in [9.17, 15) is 10.2 Å². The maximum Gasteiger partial charge on any atom is 0.130 e. The van der Waals surface area contributed by atoms with Gasteiger partial charge in [0.25, 0.3) is 0 Å². The van der Waals surface area contributed by atoms with Gasteiger partial charge in [0.15, 0.2) is 0 Å². The van der Waals surface area contributed by atoms with Gasteiger partial charge >= 0.3 is 0 Å². The Balaban J connectivity index is 3.40. The molecule has 0 unspecified atom stereocenters. The fourth-order valence-corrected chi connectivity index (χ4v) is 1.97. The van der Waals surface area contributed by atoms with Crippen LogP contribution in [0.15, 0.2) is 16.6 Å². The van der Waals surface area contributed by atoms with Crippen molar-refractivity contribution >= 4 is 15.9 Å². The number of benzene rings is 1. The Kier molecular flexibility index (Phi) is 3.04. The minimum atomic E-state index is -1.10. The molecule has 4 nitrogen and oxygen atoms in total. The van der Waals surface area contributed by atoms with Crippen LogP contribution in [0.5, 0.6) is 11.5 Å². The summed E-state index contributed by atoms with van der Waals surface area (Å²) in [6.07, 6.45) is 0. The summed E-state index contributed by atoms with van der Waals surface area (Å²) < 4.78 is 0.302. The Morgan fingerprint density at radius 3 is 2.36 bits per heavy atom. The SMILES string of the molecule is C[C@@](N)(CO)c1c(O)ccc(O)c1Br. The molecule has 1 aromatic rings. The van der Waals surface area contributed by atoms with Gasteiger partial charge in [-0.15, -0.1) is 0 Å². The van der Waals surface area contributed by atoms with Gasteiger partial charge in [0.1, 0.15) is 11.5 Å². The van der Waals surface area contributed by atoms with Gasteiger partial charge in [0.05, 0.1) is 16.6 Å². The summed E-state index contributed by atoms with van der Waals surface area (Å²) in [6.45, 7) is 1.23. The van der Waals surface area contributed by atoms with Crippen molar-refractivity contribution in [3.63, 3.8) is 0 Å². The molecule has 0 fully saturated rings. The molecule has 5 N–H and O–H groups in total. The quantitative estimate of drug-likeness (QED) is 0.599. The number of aromatic hydroxyl groups is 2. The van der Waals surface area contributed by atoms with E-state index in [-0.39, 0.29) is 18.1 Å². The average molecular weight is 262 g/mol. The maximum absolute atomic E-state index is 9.55. The van der Waals surface area contributed by atoms with Crippen LogP contribution in [0.25, 0.3) is 0 Å². The van der Waals surface area contributed by atoms with Crippen molar-refractivity contribution in [1.82, 2.24) is 0 Å². The maximum atomic E-state index is 9.55. The van der Waals surface area contributed by atoms with Crippen molar-refractivity contribution in [3.05, 3.63) is 22.2 Å². The molecule has 0 saturated carbocycles. The van der Waals surface area contributed by atoms with Crippen LogP contribution in [0.4, 0.5) is 0 Å². The van der Waals surface area contributed by atoms with Gasteiger partial charge in [-0.3, -0.25) is 0 Å². The first-order chi connectivity index (χ1) is 6.40. The molecular weight excluding hydrogens is 250 g/mol. The highest BCUT2D eigenvalue weighted by molar-refractivity contribution is 9.10. The molecule has 0 aliphatic carbocycles. The predicted octanol–water partition coefficient (Wildman–Crippen LogP) is 1.03. The largest absolute Gasteiger partial charge is 0.508 e. The molecule has 0 bridgehead atoms. The Bertz CT molecular complexity index is 352. The lowest BCUT2D eigenvalue weighted by Gasteiger charge is -2.24. The Morgan fingerprint density at radius 1 is 1.36 bits per heavy atom. The van der Waals surface area contributed by atoms with Crippen LogP contribution in [0.3, 0.4) is 0 Å². The Morgan fingerprint density at radius 2 is 1.86 bits per heavy atom. The molecule has 14 heavy (non-hydrogen) atoms. The zero-order chi connectivity index (χ0) is 10.9. The normalized spacial score (nSPS) is 15.1. The lowest BCUT2D eigenvalue weighted by molar-refractivity contribution is 0.206. The Hall–Kier alpha value is -0.780. The van der Waals surface area contributed by atoms with Crippen LogP contribution >= 0.6 is 15.9 Å². The Labute approximate surface area is 90.1 Å². The lowest BCUT2D eigenvalue weighted by Crippen LogP contribution is -2.37. The smallest absolute Gasteiger partial charge is 0.130 e. The number of hydrogen-bond acceptors (Lipinski definition) is 4. The van der Waals surface area contributed by atoms with Crippen LogP contribution < -0.4 is 5.73 Å². The number of aliphatic hydroxyl groups is 1. The summed E-state index contributed by atoms with van der Waals surface area (Å²) in [4.78, 5) is 0. The molecule has 1 atom stereocenters. The van der Waals surface area contributed by atoms with E-state index in [1.54, 1.807) is 6.92 Å². The zero-order valence-corrected chi connectivity index (χ0v) is 9.24. The van der Waals surface area contributed by atoms with Gasteiger partial charge in [-0.1, -0.05) is 0 Å². The monoisotopic (exact) mass is 261 g/mol. The highest BCUT2D eigenvalue weighted by atomic mass is 79.9. The van der Waals surface area contributed by atoms with E-state index >= 15 is 0 Å². The molecule has 0 saturated heterocycles. The topological polar surface area (TPSA) is 86.7 Å².